The minimum atomic E-state index is -0.0730. The molecule has 1 aliphatic heterocycles. The summed E-state index contributed by atoms with van der Waals surface area (Å²) in [4.78, 5) is 29.4. The Morgan fingerprint density at radius 3 is 2.61 bits per heavy atom. The van der Waals surface area contributed by atoms with Crippen LogP contribution in [0.15, 0.2) is 55.0 Å². The highest BCUT2D eigenvalue weighted by Gasteiger charge is 2.32. The molecular weight excluding hydrogens is 412 g/mol. The summed E-state index contributed by atoms with van der Waals surface area (Å²) >= 11 is 0. The number of hydrogen-bond acceptors (Lipinski definition) is 5. The molecule has 6 heteroatoms. The van der Waals surface area contributed by atoms with Crippen LogP contribution in [0.3, 0.4) is 0 Å². The third-order valence-corrected chi connectivity index (χ3v) is 6.09. The molecule has 1 atom stereocenters. The normalized spacial score (nSPS) is 16.1. The molecule has 1 amide bonds. The van der Waals surface area contributed by atoms with Crippen LogP contribution in [0.1, 0.15) is 73.0 Å². The fraction of sp³-hybridized carbons (Fsp3) is 0.407. The topological polar surface area (TPSA) is 68.2 Å². The van der Waals surface area contributed by atoms with Gasteiger partial charge in [0.25, 0.3) is 5.91 Å². The summed E-state index contributed by atoms with van der Waals surface area (Å²) < 4.78 is 5.48. The molecule has 172 valence electrons. The van der Waals surface area contributed by atoms with Crippen molar-refractivity contribution in [2.45, 2.75) is 58.6 Å². The van der Waals surface area contributed by atoms with Crippen LogP contribution in [-0.2, 0) is 17.8 Å². The lowest BCUT2D eigenvalue weighted by Crippen LogP contribution is -2.39. The maximum atomic E-state index is 13.6. The van der Waals surface area contributed by atoms with Crippen LogP contribution in [0.2, 0.25) is 0 Å². The van der Waals surface area contributed by atoms with Gasteiger partial charge in [-0.2, -0.15) is 0 Å². The Bertz CT molecular complexity index is 1050. The Balaban J connectivity index is 1.68. The molecule has 33 heavy (non-hydrogen) atoms. The largest absolute Gasteiger partial charge is 0.377 e. The number of rotatable bonds is 8. The maximum absolute atomic E-state index is 13.6. The molecular formula is C27H32N4O2. The van der Waals surface area contributed by atoms with E-state index in [4.69, 9.17) is 9.72 Å². The van der Waals surface area contributed by atoms with Crippen LogP contribution < -0.4 is 0 Å². The third kappa shape index (κ3) is 5.45. The molecule has 1 aromatic carbocycles. The number of pyridine rings is 1. The molecule has 3 aromatic rings. The molecule has 2 aromatic heterocycles. The quantitative estimate of drug-likeness (QED) is 0.466. The molecule has 4 rings (SSSR count). The summed E-state index contributed by atoms with van der Waals surface area (Å²) in [6, 6.07) is 11.7. The fourth-order valence-corrected chi connectivity index (χ4v) is 4.37. The maximum Gasteiger partial charge on any atom is 0.254 e. The van der Waals surface area contributed by atoms with Crippen LogP contribution in [-0.4, -0.2) is 38.9 Å². The Labute approximate surface area is 196 Å². The van der Waals surface area contributed by atoms with Gasteiger partial charge in [0, 0.05) is 49.3 Å². The third-order valence-electron chi connectivity index (χ3n) is 6.09. The number of piperidine rings is 1. The molecule has 0 aliphatic carbocycles. The van der Waals surface area contributed by atoms with E-state index in [1.54, 1.807) is 12.4 Å². The van der Waals surface area contributed by atoms with Crippen molar-refractivity contribution in [2.24, 2.45) is 0 Å². The average Bonchev–Trinajstić information content (AvgIpc) is 2.88. The predicted molar refractivity (Wildman–Crippen MR) is 129 cm³/mol. The van der Waals surface area contributed by atoms with Gasteiger partial charge in [-0.05, 0) is 68.0 Å². The SMILES string of the molecule is CCCc1ncc(-c2ccncc2)c(C2CCCCN2C(=O)c2ccc(COCC)cc2)n1. The number of amides is 1. The van der Waals surface area contributed by atoms with Gasteiger partial charge in [0.1, 0.15) is 5.82 Å². The van der Waals surface area contributed by atoms with Crippen molar-refractivity contribution < 1.29 is 9.53 Å². The smallest absolute Gasteiger partial charge is 0.254 e. The van der Waals surface area contributed by atoms with E-state index < -0.39 is 0 Å². The van der Waals surface area contributed by atoms with Crippen molar-refractivity contribution in [3.8, 4) is 11.1 Å². The molecule has 0 bridgehead atoms. The molecule has 1 aliphatic rings. The second-order valence-electron chi connectivity index (χ2n) is 8.42. The lowest BCUT2D eigenvalue weighted by molar-refractivity contribution is 0.0606. The first-order valence-electron chi connectivity index (χ1n) is 11.9. The summed E-state index contributed by atoms with van der Waals surface area (Å²) in [5.41, 5.74) is 4.73. The van der Waals surface area contributed by atoms with Gasteiger partial charge in [-0.15, -0.1) is 0 Å². The molecule has 0 spiro atoms. The average molecular weight is 445 g/mol. The lowest BCUT2D eigenvalue weighted by atomic mass is 9.93. The molecule has 3 heterocycles. The lowest BCUT2D eigenvalue weighted by Gasteiger charge is -2.36. The van der Waals surface area contributed by atoms with E-state index in [-0.39, 0.29) is 11.9 Å². The van der Waals surface area contributed by atoms with Crippen LogP contribution in [0.4, 0.5) is 0 Å². The van der Waals surface area contributed by atoms with Gasteiger partial charge in [-0.25, -0.2) is 9.97 Å². The number of ether oxygens (including phenoxy) is 1. The van der Waals surface area contributed by atoms with Gasteiger partial charge in [0.15, 0.2) is 0 Å². The zero-order valence-corrected chi connectivity index (χ0v) is 19.5. The predicted octanol–water partition coefficient (Wildman–Crippen LogP) is 5.40. The molecule has 1 unspecified atom stereocenters. The van der Waals surface area contributed by atoms with Gasteiger partial charge in [0.2, 0.25) is 0 Å². The van der Waals surface area contributed by atoms with E-state index in [9.17, 15) is 4.79 Å². The molecule has 1 saturated heterocycles. The van der Waals surface area contributed by atoms with Crippen molar-refractivity contribution in [1.29, 1.82) is 0 Å². The monoisotopic (exact) mass is 444 g/mol. The van der Waals surface area contributed by atoms with Crippen molar-refractivity contribution in [1.82, 2.24) is 19.9 Å². The van der Waals surface area contributed by atoms with Crippen molar-refractivity contribution >= 4 is 5.91 Å². The van der Waals surface area contributed by atoms with Crippen LogP contribution >= 0.6 is 0 Å². The molecule has 1 fully saturated rings. The summed E-state index contributed by atoms with van der Waals surface area (Å²) in [5, 5.41) is 0. The Morgan fingerprint density at radius 1 is 1.09 bits per heavy atom. The Kier molecular flexibility index (Phi) is 7.79. The number of hydrogen-bond donors (Lipinski definition) is 0. The molecule has 6 nitrogen and oxygen atoms in total. The standard InChI is InChI=1S/C27H32N4O2/c1-3-7-25-29-18-23(21-13-15-28-16-14-21)26(30-25)24-8-5-6-17-31(24)27(32)22-11-9-20(10-12-22)19-33-4-2/h9-16,18,24H,3-8,17,19H2,1-2H3. The van der Waals surface area contributed by atoms with Crippen molar-refractivity contribution in [3.63, 3.8) is 0 Å². The molecule has 0 saturated carbocycles. The van der Waals surface area contributed by atoms with Crippen molar-refractivity contribution in [2.75, 3.05) is 13.2 Å². The molecule has 0 N–H and O–H groups in total. The van der Waals surface area contributed by atoms with Gasteiger partial charge < -0.3 is 9.64 Å². The van der Waals surface area contributed by atoms with E-state index >= 15 is 0 Å². The summed E-state index contributed by atoms with van der Waals surface area (Å²) in [6.45, 7) is 6.08. The van der Waals surface area contributed by atoms with Crippen molar-refractivity contribution in [3.05, 3.63) is 77.6 Å². The summed E-state index contributed by atoms with van der Waals surface area (Å²) in [7, 11) is 0. The molecule has 0 radical (unpaired) electrons. The van der Waals surface area contributed by atoms with E-state index in [0.29, 0.717) is 18.8 Å². The zero-order chi connectivity index (χ0) is 23.0. The first-order valence-corrected chi connectivity index (χ1v) is 11.9. The highest BCUT2D eigenvalue weighted by atomic mass is 16.5. The number of likely N-dealkylation sites (tertiary alicyclic amines) is 1. The van der Waals surface area contributed by atoms with Crippen LogP contribution in [0.5, 0.6) is 0 Å². The van der Waals surface area contributed by atoms with E-state index in [2.05, 4.69) is 16.9 Å². The number of nitrogens with zero attached hydrogens (tertiary/aromatic N) is 4. The second kappa shape index (κ2) is 11.1. The number of benzene rings is 1. The highest BCUT2D eigenvalue weighted by Crippen LogP contribution is 2.36. The zero-order valence-electron chi connectivity index (χ0n) is 19.5. The van der Waals surface area contributed by atoms with Gasteiger partial charge >= 0.3 is 0 Å². The number of aromatic nitrogens is 3. The summed E-state index contributed by atoms with van der Waals surface area (Å²) in [5.74, 6) is 0.891. The number of carbonyl (C=O) groups excluding carboxylic acids is 1. The van der Waals surface area contributed by atoms with E-state index in [1.807, 2.05) is 54.4 Å². The van der Waals surface area contributed by atoms with Gasteiger partial charge in [-0.3, -0.25) is 9.78 Å². The Morgan fingerprint density at radius 2 is 1.88 bits per heavy atom. The summed E-state index contributed by atoms with van der Waals surface area (Å²) in [6.07, 6.45) is 10.3. The first-order chi connectivity index (χ1) is 16.2. The minimum absolute atomic E-state index is 0.0546. The van der Waals surface area contributed by atoms with Crippen LogP contribution in [0.25, 0.3) is 11.1 Å². The van der Waals surface area contributed by atoms with E-state index in [1.165, 1.54) is 0 Å². The van der Waals surface area contributed by atoms with E-state index in [0.717, 1.165) is 66.9 Å². The first kappa shape index (κ1) is 23.1. The highest BCUT2D eigenvalue weighted by molar-refractivity contribution is 5.94. The fourth-order valence-electron chi connectivity index (χ4n) is 4.37. The number of carbonyl (C=O) groups is 1. The van der Waals surface area contributed by atoms with Crippen LogP contribution in [0, 0.1) is 0 Å². The number of aryl methyl sites for hydroxylation is 1. The minimum Gasteiger partial charge on any atom is -0.377 e. The van der Waals surface area contributed by atoms with Gasteiger partial charge in [0.05, 0.1) is 18.3 Å². The Hall–Kier alpha value is -3.12. The second-order valence-corrected chi connectivity index (χ2v) is 8.42. The van der Waals surface area contributed by atoms with Gasteiger partial charge in [-0.1, -0.05) is 19.1 Å².